The van der Waals surface area contributed by atoms with Crippen molar-refractivity contribution in [3.63, 3.8) is 0 Å². The summed E-state index contributed by atoms with van der Waals surface area (Å²) < 4.78 is 62.1. The highest BCUT2D eigenvalue weighted by atomic mass is 32.2. The monoisotopic (exact) mass is 748 g/mol. The minimum Gasteiger partial charge on any atom is -0.493 e. The Morgan fingerprint density at radius 1 is 0.804 bits per heavy atom. The quantitative estimate of drug-likeness (QED) is 0.0414. The summed E-state index contributed by atoms with van der Waals surface area (Å²) >= 11 is 3.56. The highest BCUT2D eigenvalue weighted by molar-refractivity contribution is 7.86. The fourth-order valence-electron chi connectivity index (χ4n) is 6.87. The van der Waals surface area contributed by atoms with Crippen molar-refractivity contribution < 1.29 is 55.8 Å². The van der Waals surface area contributed by atoms with Crippen LogP contribution in [0.5, 0.6) is 23.0 Å². The molecule has 4 heterocycles. The Kier molecular flexibility index (Phi) is 10.9. The highest BCUT2D eigenvalue weighted by Crippen LogP contribution is 2.41. The number of hydrogen-bond acceptors (Lipinski definition) is 14. The lowest BCUT2D eigenvalue weighted by Gasteiger charge is -2.26. The Balaban J connectivity index is 1.07. The Hall–Kier alpha value is -4.20. The topological polar surface area (TPSA) is 184 Å². The minimum absolute atomic E-state index is 0.185. The molecular weight excluding hydrogens is 709 g/mol. The van der Waals surface area contributed by atoms with Gasteiger partial charge in [-0.05, 0) is 44.2 Å². The number of benzene rings is 2. The summed E-state index contributed by atoms with van der Waals surface area (Å²) in [5.74, 6) is 0.805. The first-order chi connectivity index (χ1) is 24.4. The van der Waals surface area contributed by atoms with Gasteiger partial charge >= 0.3 is 0 Å². The van der Waals surface area contributed by atoms with Crippen LogP contribution in [-0.4, -0.2) is 98.8 Å². The zero-order valence-corrected chi connectivity index (χ0v) is 29.8. The van der Waals surface area contributed by atoms with E-state index in [1.807, 2.05) is 0 Å². The molecule has 51 heavy (non-hydrogen) atoms. The van der Waals surface area contributed by atoms with Crippen molar-refractivity contribution in [3.8, 4) is 23.0 Å². The van der Waals surface area contributed by atoms with Crippen LogP contribution in [0.25, 0.3) is 0 Å². The Morgan fingerprint density at radius 2 is 1.31 bits per heavy atom. The van der Waals surface area contributed by atoms with Crippen molar-refractivity contribution in [2.24, 2.45) is 0 Å². The van der Waals surface area contributed by atoms with Gasteiger partial charge in [-0.3, -0.25) is 14.1 Å². The third-order valence-corrected chi connectivity index (χ3v) is 10.4. The van der Waals surface area contributed by atoms with Gasteiger partial charge in [-0.15, -0.1) is 4.33 Å². The Labute approximate surface area is 300 Å². The zero-order chi connectivity index (χ0) is 36.4. The average molecular weight is 749 g/mol. The van der Waals surface area contributed by atoms with Gasteiger partial charge in [0, 0.05) is 38.1 Å². The molecule has 4 atom stereocenters. The van der Waals surface area contributed by atoms with Gasteiger partial charge in [-0.1, -0.05) is 29.3 Å². The van der Waals surface area contributed by atoms with Gasteiger partial charge < -0.3 is 39.4 Å². The van der Waals surface area contributed by atoms with Gasteiger partial charge in [0.15, 0.2) is 34.6 Å². The number of amides is 2. The van der Waals surface area contributed by atoms with Crippen molar-refractivity contribution in [2.45, 2.75) is 55.8 Å². The second-order valence-corrected chi connectivity index (χ2v) is 14.3. The maximum absolute atomic E-state index is 13.5. The highest BCUT2D eigenvalue weighted by Gasteiger charge is 2.46. The lowest BCUT2D eigenvalue weighted by molar-refractivity contribution is -0.475. The molecule has 0 bridgehead atoms. The smallest absolute Gasteiger partial charge is 0.288 e. The van der Waals surface area contributed by atoms with Crippen LogP contribution in [0.2, 0.25) is 0 Å². The number of thiol groups is 1. The van der Waals surface area contributed by atoms with E-state index in [0.29, 0.717) is 72.2 Å². The first-order valence-electron chi connectivity index (χ1n) is 16.2. The van der Waals surface area contributed by atoms with Crippen molar-refractivity contribution >= 4 is 46.2 Å². The van der Waals surface area contributed by atoms with Crippen molar-refractivity contribution in [2.75, 3.05) is 51.2 Å². The zero-order valence-electron chi connectivity index (χ0n) is 28.1. The molecule has 2 fully saturated rings. The van der Waals surface area contributed by atoms with E-state index in [4.69, 9.17) is 23.8 Å². The number of ether oxygens (including phenoxy) is 4. The number of carbonyl (C=O) groups excluding carboxylic acids is 2. The van der Waals surface area contributed by atoms with E-state index in [9.17, 15) is 22.6 Å². The van der Waals surface area contributed by atoms with Gasteiger partial charge in [0.05, 0.1) is 62.0 Å². The second-order valence-electron chi connectivity index (χ2n) is 12.6. The van der Waals surface area contributed by atoms with Crippen molar-refractivity contribution in [1.29, 1.82) is 0 Å². The molecule has 4 aliphatic heterocycles. The number of fused-ring (bicyclic) bond motifs is 4. The molecule has 2 saturated heterocycles. The summed E-state index contributed by atoms with van der Waals surface area (Å²) in [6.45, 7) is 9.11. The fraction of sp³-hybridized carbons (Fsp3) is 0.455. The molecule has 0 aromatic heterocycles. The predicted octanol–water partition coefficient (Wildman–Crippen LogP) is 3.99. The third-order valence-electron chi connectivity index (χ3n) is 9.27. The molecule has 6 rings (SSSR count). The van der Waals surface area contributed by atoms with Gasteiger partial charge in [0.1, 0.15) is 0 Å². The Bertz CT molecular complexity index is 1820. The van der Waals surface area contributed by atoms with E-state index in [0.717, 1.165) is 12.0 Å². The first kappa shape index (κ1) is 36.6. The number of rotatable bonds is 14. The molecule has 0 saturated carbocycles. The molecule has 18 heteroatoms. The van der Waals surface area contributed by atoms with E-state index >= 15 is 0 Å². The SMILES string of the molecule is C=C1C[C@H]2C(OOOS)Nc3cc(OCCCCCOc4cc5c(cc4OC)C(=O)N4CC(=C)C[C@H]4C(S(=O)(=O)O)N5)c(OC)cc3C(=O)N2C1. The number of nitrogens with zero attached hydrogens (tertiary/aromatic N) is 2. The number of unbranched alkanes of at least 4 members (excludes halogenated alkanes) is 2. The molecule has 4 aliphatic rings. The Morgan fingerprint density at radius 3 is 1.82 bits per heavy atom. The average Bonchev–Trinajstić information content (AvgIpc) is 3.63. The first-order valence-corrected chi connectivity index (χ1v) is 18.1. The van der Waals surface area contributed by atoms with Gasteiger partial charge in [0.2, 0.25) is 0 Å². The van der Waals surface area contributed by atoms with Crippen LogP contribution in [-0.2, 0) is 24.4 Å². The summed E-state index contributed by atoms with van der Waals surface area (Å²) in [5.41, 5.74) is 2.83. The standard InChI is InChI=1S/C33H40N4O12S2/c1-18-10-24-30(47-48-49-50)34-22-14-28(26(43-3)12-20(22)32(38)36(24)16-18)45-8-6-5-7-9-46-29-15-23-21(13-27(29)44-4)33(39)37-17-19(2)11-25(37)31(35-23)51(40,41)42/h12-15,24-25,30-31,34-35,50H,1-2,5-11,16-17H2,3-4H3,(H,40,41,42)/t24-,25-,30?,31?/m0/s1. The summed E-state index contributed by atoms with van der Waals surface area (Å²) in [6.07, 6.45) is 1.98. The molecule has 2 unspecified atom stereocenters. The number of carbonyl (C=O) groups is 2. The van der Waals surface area contributed by atoms with E-state index in [2.05, 4.69) is 46.1 Å². The molecule has 2 aromatic rings. The molecular formula is C33H40N4O12S2. The molecule has 2 amide bonds. The summed E-state index contributed by atoms with van der Waals surface area (Å²) in [5, 5.41) is 9.24. The van der Waals surface area contributed by atoms with Crippen LogP contribution in [0.3, 0.4) is 0 Å². The predicted molar refractivity (Wildman–Crippen MR) is 187 cm³/mol. The summed E-state index contributed by atoms with van der Waals surface area (Å²) in [6, 6.07) is 5.12. The van der Waals surface area contributed by atoms with Crippen LogP contribution in [0.1, 0.15) is 52.8 Å². The number of hydrogen-bond donors (Lipinski definition) is 4. The van der Waals surface area contributed by atoms with Crippen LogP contribution in [0.4, 0.5) is 11.4 Å². The normalized spacial score (nSPS) is 22.6. The molecule has 0 radical (unpaired) electrons. The summed E-state index contributed by atoms with van der Waals surface area (Å²) in [4.78, 5) is 35.3. The van der Waals surface area contributed by atoms with E-state index < -0.39 is 39.7 Å². The van der Waals surface area contributed by atoms with E-state index in [1.54, 1.807) is 17.0 Å². The fourth-order valence-corrected chi connectivity index (χ4v) is 7.83. The van der Waals surface area contributed by atoms with E-state index in [-0.39, 0.29) is 36.7 Å². The van der Waals surface area contributed by atoms with Crippen LogP contribution in [0, 0.1) is 0 Å². The van der Waals surface area contributed by atoms with Crippen molar-refractivity contribution in [3.05, 3.63) is 59.7 Å². The van der Waals surface area contributed by atoms with Gasteiger partial charge in [-0.25, -0.2) is 0 Å². The van der Waals surface area contributed by atoms with Gasteiger partial charge in [-0.2, -0.15) is 13.3 Å². The minimum atomic E-state index is -4.57. The number of methoxy groups -OCH3 is 2. The molecule has 0 spiro atoms. The number of anilines is 2. The van der Waals surface area contributed by atoms with E-state index in [1.165, 1.54) is 31.3 Å². The third kappa shape index (κ3) is 7.56. The summed E-state index contributed by atoms with van der Waals surface area (Å²) in [7, 11) is -1.63. The molecule has 16 nitrogen and oxygen atoms in total. The van der Waals surface area contributed by atoms with Crippen LogP contribution >= 0.6 is 12.9 Å². The maximum Gasteiger partial charge on any atom is 0.288 e. The second kappa shape index (κ2) is 15.2. The maximum atomic E-state index is 13.5. The molecule has 3 N–H and O–H groups in total. The van der Waals surface area contributed by atoms with Crippen LogP contribution < -0.4 is 29.6 Å². The number of nitrogens with one attached hydrogen (secondary N) is 2. The van der Waals surface area contributed by atoms with Gasteiger partial charge in [0.25, 0.3) is 21.9 Å². The largest absolute Gasteiger partial charge is 0.493 e. The lowest BCUT2D eigenvalue weighted by atomic mass is 10.1. The van der Waals surface area contributed by atoms with Crippen LogP contribution in [0.15, 0.2) is 48.6 Å². The molecule has 2 aromatic carbocycles. The molecule has 276 valence electrons. The van der Waals surface area contributed by atoms with Crippen molar-refractivity contribution in [1.82, 2.24) is 9.80 Å². The lowest BCUT2D eigenvalue weighted by Crippen LogP contribution is -2.47. The molecule has 0 aliphatic carbocycles.